The average molecular weight is 189 g/mol. The maximum Gasteiger partial charge on any atom is 0.212 e. The highest BCUT2D eigenvalue weighted by Gasteiger charge is 2.10. The molecular weight excluding hydrogens is 178 g/mol. The summed E-state index contributed by atoms with van der Waals surface area (Å²) >= 11 is 0. The highest BCUT2D eigenvalue weighted by Crippen LogP contribution is 2.25. The molecule has 0 aliphatic carbocycles. The van der Waals surface area contributed by atoms with Crippen LogP contribution in [0, 0.1) is 6.92 Å². The number of methoxy groups -OCH3 is 1. The number of nitrogens with zero attached hydrogens (tertiary/aromatic N) is 2. The number of aromatic nitrogens is 3. The van der Waals surface area contributed by atoms with E-state index in [1.54, 1.807) is 19.5 Å². The van der Waals surface area contributed by atoms with Crippen molar-refractivity contribution in [2.45, 2.75) is 6.92 Å². The summed E-state index contributed by atoms with van der Waals surface area (Å²) in [7, 11) is 1.62. The number of hydrogen-bond acceptors (Lipinski definition) is 3. The first-order valence-corrected chi connectivity index (χ1v) is 4.32. The number of pyridine rings is 1. The van der Waals surface area contributed by atoms with Gasteiger partial charge in [-0.1, -0.05) is 0 Å². The lowest BCUT2D eigenvalue weighted by Crippen LogP contribution is -1.84. The van der Waals surface area contributed by atoms with Crippen LogP contribution in [0.25, 0.3) is 11.3 Å². The van der Waals surface area contributed by atoms with E-state index in [1.165, 1.54) is 0 Å². The minimum Gasteiger partial charge on any atom is -0.481 e. The van der Waals surface area contributed by atoms with Gasteiger partial charge in [0.1, 0.15) is 0 Å². The summed E-state index contributed by atoms with van der Waals surface area (Å²) in [6, 6.07) is 3.84. The predicted octanol–water partition coefficient (Wildman–Crippen LogP) is 1.79. The Kier molecular flexibility index (Phi) is 2.18. The van der Waals surface area contributed by atoms with Crippen LogP contribution < -0.4 is 4.74 Å². The van der Waals surface area contributed by atoms with E-state index in [0.717, 1.165) is 16.8 Å². The number of H-pyrrole nitrogens is 1. The van der Waals surface area contributed by atoms with Gasteiger partial charge in [-0.05, 0) is 19.1 Å². The summed E-state index contributed by atoms with van der Waals surface area (Å²) in [5.41, 5.74) is 2.96. The standard InChI is InChI=1S/C10H11N3O/c1-7-9(12-13-10(7)14-2)8-3-5-11-6-4-8/h3-6H,1-2H3,(H,12,13). The van der Waals surface area contributed by atoms with Gasteiger partial charge in [0.2, 0.25) is 5.88 Å². The third kappa shape index (κ3) is 1.35. The van der Waals surface area contributed by atoms with Gasteiger partial charge in [-0.15, -0.1) is 0 Å². The summed E-state index contributed by atoms with van der Waals surface area (Å²) < 4.78 is 5.11. The van der Waals surface area contributed by atoms with Crippen molar-refractivity contribution >= 4 is 0 Å². The first-order chi connectivity index (χ1) is 6.83. The quantitative estimate of drug-likeness (QED) is 0.783. The molecule has 0 saturated carbocycles. The van der Waals surface area contributed by atoms with E-state index in [4.69, 9.17) is 4.74 Å². The lowest BCUT2D eigenvalue weighted by Gasteiger charge is -1.98. The molecular formula is C10H11N3O. The fraction of sp³-hybridized carbons (Fsp3) is 0.200. The van der Waals surface area contributed by atoms with Crippen molar-refractivity contribution in [3.05, 3.63) is 30.1 Å². The van der Waals surface area contributed by atoms with Crippen molar-refractivity contribution in [3.63, 3.8) is 0 Å². The molecule has 0 aromatic carbocycles. The Hall–Kier alpha value is -1.84. The maximum absolute atomic E-state index is 5.11. The Balaban J connectivity index is 2.48. The van der Waals surface area contributed by atoms with Crippen LogP contribution in [-0.2, 0) is 0 Å². The van der Waals surface area contributed by atoms with Gasteiger partial charge in [0.05, 0.1) is 12.8 Å². The molecule has 0 atom stereocenters. The monoisotopic (exact) mass is 189 g/mol. The van der Waals surface area contributed by atoms with Crippen LogP contribution in [-0.4, -0.2) is 22.3 Å². The van der Waals surface area contributed by atoms with Gasteiger partial charge >= 0.3 is 0 Å². The second-order valence-corrected chi connectivity index (χ2v) is 2.97. The minimum atomic E-state index is 0.705. The van der Waals surface area contributed by atoms with E-state index in [9.17, 15) is 0 Å². The van der Waals surface area contributed by atoms with Crippen LogP contribution in [0.15, 0.2) is 24.5 Å². The second-order valence-electron chi connectivity index (χ2n) is 2.97. The van der Waals surface area contributed by atoms with Crippen molar-refractivity contribution < 1.29 is 4.74 Å². The van der Waals surface area contributed by atoms with E-state index in [1.807, 2.05) is 19.1 Å². The number of ether oxygens (including phenoxy) is 1. The van der Waals surface area contributed by atoms with Crippen molar-refractivity contribution in [1.82, 2.24) is 15.2 Å². The van der Waals surface area contributed by atoms with Crippen molar-refractivity contribution in [2.24, 2.45) is 0 Å². The molecule has 2 aromatic rings. The van der Waals surface area contributed by atoms with Crippen LogP contribution >= 0.6 is 0 Å². The second kappa shape index (κ2) is 3.49. The van der Waals surface area contributed by atoms with E-state index >= 15 is 0 Å². The molecule has 0 saturated heterocycles. The van der Waals surface area contributed by atoms with Crippen molar-refractivity contribution in [1.29, 1.82) is 0 Å². The molecule has 0 bridgehead atoms. The first kappa shape index (κ1) is 8.74. The zero-order chi connectivity index (χ0) is 9.97. The minimum absolute atomic E-state index is 0.705. The lowest BCUT2D eigenvalue weighted by molar-refractivity contribution is 0.394. The Morgan fingerprint density at radius 2 is 2.00 bits per heavy atom. The van der Waals surface area contributed by atoms with Gasteiger partial charge in [-0.25, -0.2) is 5.10 Å². The predicted molar refractivity (Wildman–Crippen MR) is 53.1 cm³/mol. The van der Waals surface area contributed by atoms with Crippen LogP contribution in [0.1, 0.15) is 5.56 Å². The molecule has 4 heteroatoms. The topological polar surface area (TPSA) is 50.8 Å². The number of rotatable bonds is 2. The Labute approximate surface area is 81.9 Å². The summed E-state index contributed by atoms with van der Waals surface area (Å²) in [6.07, 6.45) is 3.49. The van der Waals surface area contributed by atoms with Gasteiger partial charge < -0.3 is 4.74 Å². The van der Waals surface area contributed by atoms with Crippen molar-refractivity contribution in [3.8, 4) is 17.1 Å². The summed E-state index contributed by atoms with van der Waals surface area (Å²) in [4.78, 5) is 3.96. The third-order valence-corrected chi connectivity index (χ3v) is 2.12. The zero-order valence-electron chi connectivity index (χ0n) is 8.11. The molecule has 0 fully saturated rings. The third-order valence-electron chi connectivity index (χ3n) is 2.12. The van der Waals surface area contributed by atoms with Crippen LogP contribution in [0.4, 0.5) is 0 Å². The Morgan fingerprint density at radius 1 is 1.29 bits per heavy atom. The first-order valence-electron chi connectivity index (χ1n) is 4.32. The smallest absolute Gasteiger partial charge is 0.212 e. The molecule has 2 aromatic heterocycles. The van der Waals surface area contributed by atoms with Crippen LogP contribution in [0.3, 0.4) is 0 Å². The average Bonchev–Trinajstić information content (AvgIpc) is 2.61. The molecule has 14 heavy (non-hydrogen) atoms. The van der Waals surface area contributed by atoms with Gasteiger partial charge in [0.25, 0.3) is 0 Å². The number of hydrogen-bond donors (Lipinski definition) is 1. The molecule has 0 aliphatic heterocycles. The highest BCUT2D eigenvalue weighted by atomic mass is 16.5. The van der Waals surface area contributed by atoms with Crippen LogP contribution in [0.2, 0.25) is 0 Å². The van der Waals surface area contributed by atoms with Crippen molar-refractivity contribution in [2.75, 3.05) is 7.11 Å². The molecule has 0 aliphatic rings. The van der Waals surface area contributed by atoms with Crippen LogP contribution in [0.5, 0.6) is 5.88 Å². The summed E-state index contributed by atoms with van der Waals surface area (Å²) in [5.74, 6) is 0.705. The molecule has 4 nitrogen and oxygen atoms in total. The SMILES string of the molecule is COc1[nH]nc(-c2ccncc2)c1C. The molecule has 0 unspecified atom stereocenters. The maximum atomic E-state index is 5.11. The molecule has 0 spiro atoms. The Morgan fingerprint density at radius 3 is 2.57 bits per heavy atom. The molecule has 72 valence electrons. The summed E-state index contributed by atoms with van der Waals surface area (Å²) in [5, 5.41) is 7.01. The van der Waals surface area contributed by atoms with E-state index in [-0.39, 0.29) is 0 Å². The molecule has 0 amide bonds. The van der Waals surface area contributed by atoms with Gasteiger partial charge in [-0.3, -0.25) is 4.98 Å². The number of nitrogens with one attached hydrogen (secondary N) is 1. The normalized spacial score (nSPS) is 10.1. The van der Waals surface area contributed by atoms with E-state index in [2.05, 4.69) is 15.2 Å². The lowest BCUT2D eigenvalue weighted by atomic mass is 10.1. The molecule has 1 N–H and O–H groups in total. The van der Waals surface area contributed by atoms with Gasteiger partial charge in [-0.2, -0.15) is 5.10 Å². The fourth-order valence-electron chi connectivity index (χ4n) is 1.37. The molecule has 0 radical (unpaired) electrons. The highest BCUT2D eigenvalue weighted by molar-refractivity contribution is 5.63. The molecule has 2 rings (SSSR count). The van der Waals surface area contributed by atoms with E-state index < -0.39 is 0 Å². The molecule has 2 heterocycles. The Bertz CT molecular complexity index is 422. The largest absolute Gasteiger partial charge is 0.481 e. The zero-order valence-corrected chi connectivity index (χ0v) is 8.11. The van der Waals surface area contributed by atoms with Gasteiger partial charge in [0.15, 0.2) is 0 Å². The number of aromatic amines is 1. The van der Waals surface area contributed by atoms with Gasteiger partial charge in [0, 0.05) is 23.5 Å². The fourth-order valence-corrected chi connectivity index (χ4v) is 1.37. The van der Waals surface area contributed by atoms with E-state index in [0.29, 0.717) is 5.88 Å². The summed E-state index contributed by atoms with van der Waals surface area (Å²) in [6.45, 7) is 1.97.